The highest BCUT2D eigenvalue weighted by molar-refractivity contribution is 9.11. The standard InChI is InChI=1S/C20H16Br2N4O2/c1-11-18(22)12(2)26(25-11)10-13-5-8-17(28-13)20(27)24-16-7-6-15(21)14-4-3-9-23-19(14)16/h3-9H,10H2,1-2H3,(H,24,27). The molecule has 8 heteroatoms. The fourth-order valence-corrected chi connectivity index (χ4v) is 3.72. The number of nitrogens with one attached hydrogen (secondary N) is 1. The quantitative estimate of drug-likeness (QED) is 0.401. The van der Waals surface area contributed by atoms with Crippen LogP contribution in [0.25, 0.3) is 10.9 Å². The van der Waals surface area contributed by atoms with E-state index in [0.29, 0.717) is 23.5 Å². The van der Waals surface area contributed by atoms with Crippen LogP contribution in [0.4, 0.5) is 5.69 Å². The van der Waals surface area contributed by atoms with Crippen molar-refractivity contribution < 1.29 is 9.21 Å². The van der Waals surface area contributed by atoms with Crippen molar-refractivity contribution in [3.8, 4) is 0 Å². The Morgan fingerprint density at radius 2 is 2.00 bits per heavy atom. The number of fused-ring (bicyclic) bond motifs is 1. The summed E-state index contributed by atoms with van der Waals surface area (Å²) in [5.74, 6) is 0.569. The lowest BCUT2D eigenvalue weighted by molar-refractivity contribution is 0.0995. The van der Waals surface area contributed by atoms with Gasteiger partial charge in [-0.25, -0.2) is 0 Å². The van der Waals surface area contributed by atoms with Crippen LogP contribution in [0.5, 0.6) is 0 Å². The number of nitrogens with zero attached hydrogens (tertiary/aromatic N) is 3. The number of carbonyl (C=O) groups excluding carboxylic acids is 1. The van der Waals surface area contributed by atoms with Crippen molar-refractivity contribution in [3.05, 3.63) is 74.4 Å². The predicted molar refractivity (Wildman–Crippen MR) is 115 cm³/mol. The zero-order valence-corrected chi connectivity index (χ0v) is 18.3. The Morgan fingerprint density at radius 1 is 1.18 bits per heavy atom. The van der Waals surface area contributed by atoms with Gasteiger partial charge in [-0.05, 0) is 60.1 Å². The fourth-order valence-electron chi connectivity index (χ4n) is 2.98. The summed E-state index contributed by atoms with van der Waals surface area (Å²) in [6.45, 7) is 4.37. The number of furan rings is 1. The minimum absolute atomic E-state index is 0.239. The maximum atomic E-state index is 12.7. The molecule has 4 rings (SSSR count). The number of benzene rings is 1. The molecule has 6 nitrogen and oxygen atoms in total. The van der Waals surface area contributed by atoms with Crippen LogP contribution in [0, 0.1) is 13.8 Å². The van der Waals surface area contributed by atoms with Gasteiger partial charge in [0.1, 0.15) is 5.76 Å². The number of hydrogen-bond acceptors (Lipinski definition) is 4. The molecule has 1 amide bonds. The number of carbonyl (C=O) groups is 1. The normalized spacial score (nSPS) is 11.1. The van der Waals surface area contributed by atoms with E-state index in [1.807, 2.05) is 42.8 Å². The van der Waals surface area contributed by atoms with Crippen LogP contribution >= 0.6 is 31.9 Å². The Balaban J connectivity index is 1.55. The second-order valence-electron chi connectivity index (χ2n) is 6.36. The first-order valence-corrected chi connectivity index (χ1v) is 10.2. The van der Waals surface area contributed by atoms with Crippen molar-refractivity contribution in [2.45, 2.75) is 20.4 Å². The molecule has 0 aliphatic rings. The summed E-state index contributed by atoms with van der Waals surface area (Å²) in [6, 6.07) is 11.0. The minimum atomic E-state index is -0.324. The number of pyridine rings is 1. The molecule has 4 aromatic rings. The summed E-state index contributed by atoms with van der Waals surface area (Å²) >= 11 is 7.02. The Bertz CT molecular complexity index is 1200. The summed E-state index contributed by atoms with van der Waals surface area (Å²) in [5.41, 5.74) is 3.26. The summed E-state index contributed by atoms with van der Waals surface area (Å²) in [6.07, 6.45) is 1.70. The van der Waals surface area contributed by atoms with Gasteiger partial charge in [-0.3, -0.25) is 14.5 Å². The van der Waals surface area contributed by atoms with Crippen molar-refractivity contribution in [1.29, 1.82) is 0 Å². The molecule has 3 aromatic heterocycles. The van der Waals surface area contributed by atoms with E-state index < -0.39 is 0 Å². The average molecular weight is 504 g/mol. The van der Waals surface area contributed by atoms with E-state index in [2.05, 4.69) is 47.3 Å². The van der Waals surface area contributed by atoms with Crippen molar-refractivity contribution in [3.63, 3.8) is 0 Å². The second kappa shape index (κ2) is 7.52. The molecule has 0 bridgehead atoms. The lowest BCUT2D eigenvalue weighted by Crippen LogP contribution is -2.11. The van der Waals surface area contributed by atoms with Crippen LogP contribution in [0.15, 0.2) is 56.0 Å². The minimum Gasteiger partial charge on any atom is -0.454 e. The fraction of sp³-hybridized carbons (Fsp3) is 0.150. The van der Waals surface area contributed by atoms with Gasteiger partial charge in [-0.15, -0.1) is 0 Å². The third kappa shape index (κ3) is 3.49. The van der Waals surface area contributed by atoms with Gasteiger partial charge in [0.05, 0.1) is 33.6 Å². The number of amides is 1. The molecule has 1 N–H and O–H groups in total. The highest BCUT2D eigenvalue weighted by Gasteiger charge is 2.16. The first-order valence-electron chi connectivity index (χ1n) is 8.57. The number of aromatic nitrogens is 3. The SMILES string of the molecule is Cc1nn(Cc2ccc(C(=O)Nc3ccc(Br)c4cccnc34)o2)c(C)c1Br. The number of rotatable bonds is 4. The van der Waals surface area contributed by atoms with Gasteiger partial charge < -0.3 is 9.73 Å². The Hall–Kier alpha value is -2.45. The van der Waals surface area contributed by atoms with Gasteiger partial charge in [-0.2, -0.15) is 5.10 Å². The molecule has 0 saturated heterocycles. The average Bonchev–Trinajstić information content (AvgIpc) is 3.25. The topological polar surface area (TPSA) is 73.0 Å². The molecule has 28 heavy (non-hydrogen) atoms. The lowest BCUT2D eigenvalue weighted by atomic mass is 10.2. The monoisotopic (exact) mass is 502 g/mol. The van der Waals surface area contributed by atoms with Crippen molar-refractivity contribution in [2.75, 3.05) is 5.32 Å². The van der Waals surface area contributed by atoms with E-state index in [0.717, 1.165) is 25.7 Å². The first kappa shape index (κ1) is 18.9. The largest absolute Gasteiger partial charge is 0.454 e. The van der Waals surface area contributed by atoms with Gasteiger partial charge in [-0.1, -0.05) is 22.0 Å². The number of anilines is 1. The molecule has 0 fully saturated rings. The van der Waals surface area contributed by atoms with Crippen molar-refractivity contribution in [2.24, 2.45) is 0 Å². The van der Waals surface area contributed by atoms with Gasteiger partial charge in [0.25, 0.3) is 5.91 Å². The van der Waals surface area contributed by atoms with Crippen molar-refractivity contribution >= 4 is 54.4 Å². The van der Waals surface area contributed by atoms with Gasteiger partial charge in [0, 0.05) is 16.1 Å². The van der Waals surface area contributed by atoms with Crippen molar-refractivity contribution in [1.82, 2.24) is 14.8 Å². The van der Waals surface area contributed by atoms with E-state index in [-0.39, 0.29) is 11.7 Å². The summed E-state index contributed by atoms with van der Waals surface area (Å²) < 4.78 is 9.48. The van der Waals surface area contributed by atoms with Crippen LogP contribution < -0.4 is 5.32 Å². The molecule has 0 unspecified atom stereocenters. The lowest BCUT2D eigenvalue weighted by Gasteiger charge is -2.08. The zero-order valence-electron chi connectivity index (χ0n) is 15.2. The molecule has 0 atom stereocenters. The van der Waals surface area contributed by atoms with Crippen LogP contribution in [0.3, 0.4) is 0 Å². The van der Waals surface area contributed by atoms with E-state index in [1.54, 1.807) is 18.3 Å². The molecule has 0 radical (unpaired) electrons. The van der Waals surface area contributed by atoms with Crippen LogP contribution in [-0.4, -0.2) is 20.7 Å². The number of aryl methyl sites for hydroxylation is 1. The maximum absolute atomic E-state index is 12.7. The zero-order chi connectivity index (χ0) is 19.8. The summed E-state index contributed by atoms with van der Waals surface area (Å²) in [5, 5.41) is 8.28. The molecular formula is C20H16Br2N4O2. The van der Waals surface area contributed by atoms with E-state index in [9.17, 15) is 4.79 Å². The van der Waals surface area contributed by atoms with Gasteiger partial charge in [0.2, 0.25) is 0 Å². The third-order valence-corrected chi connectivity index (χ3v) is 6.29. The molecule has 0 aliphatic heterocycles. The van der Waals surface area contributed by atoms with Gasteiger partial charge in [0.15, 0.2) is 5.76 Å². The smallest absolute Gasteiger partial charge is 0.291 e. The first-order chi connectivity index (χ1) is 13.4. The highest BCUT2D eigenvalue weighted by atomic mass is 79.9. The molecule has 0 saturated carbocycles. The van der Waals surface area contributed by atoms with Crippen LogP contribution in [0.2, 0.25) is 0 Å². The molecule has 1 aromatic carbocycles. The third-order valence-electron chi connectivity index (χ3n) is 4.45. The van der Waals surface area contributed by atoms with E-state index in [4.69, 9.17) is 4.42 Å². The number of hydrogen-bond donors (Lipinski definition) is 1. The van der Waals surface area contributed by atoms with E-state index in [1.165, 1.54) is 0 Å². The molecule has 3 heterocycles. The summed E-state index contributed by atoms with van der Waals surface area (Å²) in [7, 11) is 0. The Morgan fingerprint density at radius 3 is 2.75 bits per heavy atom. The molecular weight excluding hydrogens is 488 g/mol. The highest BCUT2D eigenvalue weighted by Crippen LogP contribution is 2.29. The maximum Gasteiger partial charge on any atom is 0.291 e. The Labute approximate surface area is 178 Å². The van der Waals surface area contributed by atoms with Crippen LogP contribution in [-0.2, 0) is 6.54 Å². The molecule has 0 aliphatic carbocycles. The predicted octanol–water partition coefficient (Wildman–Crippen LogP) is 5.47. The Kier molecular flexibility index (Phi) is 5.07. The van der Waals surface area contributed by atoms with Gasteiger partial charge >= 0.3 is 0 Å². The molecule has 0 spiro atoms. The summed E-state index contributed by atoms with van der Waals surface area (Å²) in [4.78, 5) is 17.0. The molecule has 142 valence electrons. The van der Waals surface area contributed by atoms with Crippen LogP contribution in [0.1, 0.15) is 27.7 Å². The van der Waals surface area contributed by atoms with E-state index >= 15 is 0 Å². The number of halogens is 2. The second-order valence-corrected chi connectivity index (χ2v) is 8.00.